The lowest BCUT2D eigenvalue weighted by atomic mass is 10.0. The molecule has 4 N–H and O–H groups in total. The molecule has 0 aliphatic carbocycles. The van der Waals surface area contributed by atoms with Gasteiger partial charge in [0, 0.05) is 37.5 Å². The number of β-amino-alcohol motifs (C(OH)–C–C–N with tert-alkyl or cyclic N) is 1. The van der Waals surface area contributed by atoms with E-state index < -0.39 is 6.10 Å². The predicted molar refractivity (Wildman–Crippen MR) is 121 cm³/mol. The minimum absolute atomic E-state index is 0.0198. The standard InChI is InChI=1S/C22H31N6O3/c1-14(12-30-4)31-16-5-6-18(23)17(7-16)22(24)19-8-21(26-13-25-19)28-10-15(9-27(2)3)20(29)11-28/h5-9,13-15,20,24,29H,10-12,23H2,1-4H3/q+1. The van der Waals surface area contributed by atoms with Crippen LogP contribution in [0, 0.1) is 11.3 Å². The summed E-state index contributed by atoms with van der Waals surface area (Å²) in [5, 5.41) is 19.1. The van der Waals surface area contributed by atoms with Gasteiger partial charge in [-0.1, -0.05) is 0 Å². The zero-order valence-electron chi connectivity index (χ0n) is 18.4. The summed E-state index contributed by atoms with van der Waals surface area (Å²) in [5.41, 5.74) is 7.78. The van der Waals surface area contributed by atoms with Gasteiger partial charge in [-0.2, -0.15) is 0 Å². The van der Waals surface area contributed by atoms with Gasteiger partial charge in [-0.05, 0) is 25.1 Å². The smallest absolute Gasteiger partial charge is 0.146 e. The van der Waals surface area contributed by atoms with Crippen molar-refractivity contribution in [2.45, 2.75) is 19.1 Å². The van der Waals surface area contributed by atoms with Crippen LogP contribution in [-0.2, 0) is 4.74 Å². The second-order valence-electron chi connectivity index (χ2n) is 8.02. The Hall–Kier alpha value is -3.04. The molecule has 3 rings (SSSR count). The van der Waals surface area contributed by atoms with Gasteiger partial charge in [0.2, 0.25) is 0 Å². The van der Waals surface area contributed by atoms with Gasteiger partial charge in [0.15, 0.2) is 0 Å². The van der Waals surface area contributed by atoms with Crippen molar-refractivity contribution in [3.05, 3.63) is 41.9 Å². The van der Waals surface area contributed by atoms with Crippen LogP contribution in [0.3, 0.4) is 0 Å². The Morgan fingerprint density at radius 1 is 1.35 bits per heavy atom. The van der Waals surface area contributed by atoms with Crippen LogP contribution < -0.4 is 15.4 Å². The average Bonchev–Trinajstić information content (AvgIpc) is 3.09. The van der Waals surface area contributed by atoms with E-state index in [9.17, 15) is 5.11 Å². The molecule has 1 aliphatic rings. The molecule has 1 saturated heterocycles. The molecule has 1 aromatic carbocycles. The summed E-state index contributed by atoms with van der Waals surface area (Å²) in [6.45, 7) is 3.49. The minimum atomic E-state index is -0.473. The Kier molecular flexibility index (Phi) is 7.19. The zero-order valence-corrected chi connectivity index (χ0v) is 18.4. The van der Waals surface area contributed by atoms with E-state index in [4.69, 9.17) is 20.6 Å². The number of aromatic nitrogens is 2. The van der Waals surface area contributed by atoms with Gasteiger partial charge in [0.1, 0.15) is 44.3 Å². The topological polar surface area (TPSA) is 121 Å². The third-order valence-corrected chi connectivity index (χ3v) is 5.09. The van der Waals surface area contributed by atoms with Crippen molar-refractivity contribution in [3.8, 4) is 5.75 Å². The van der Waals surface area contributed by atoms with Gasteiger partial charge in [0.05, 0.1) is 30.0 Å². The fourth-order valence-corrected chi connectivity index (χ4v) is 3.65. The second-order valence-corrected chi connectivity index (χ2v) is 8.02. The molecule has 0 amide bonds. The Balaban J connectivity index is 1.81. The SMILES string of the molecule is COCC(C)Oc1ccc(N)c(C(=N)c2cc(N3CC(O)C(C=[N+](C)C)C3)ncn2)c1. The maximum Gasteiger partial charge on any atom is 0.146 e. The van der Waals surface area contributed by atoms with Crippen LogP contribution in [0.2, 0.25) is 0 Å². The Bertz CT molecular complexity index is 960. The van der Waals surface area contributed by atoms with Crippen LogP contribution in [0.15, 0.2) is 30.6 Å². The van der Waals surface area contributed by atoms with Crippen molar-refractivity contribution in [1.29, 1.82) is 5.41 Å². The number of hydrogen-bond donors (Lipinski definition) is 3. The fraction of sp³-hybridized carbons (Fsp3) is 0.455. The summed E-state index contributed by atoms with van der Waals surface area (Å²) in [7, 11) is 5.51. The van der Waals surface area contributed by atoms with Crippen molar-refractivity contribution in [2.24, 2.45) is 5.92 Å². The highest BCUT2D eigenvalue weighted by atomic mass is 16.5. The third kappa shape index (κ3) is 5.56. The summed E-state index contributed by atoms with van der Waals surface area (Å²) in [6.07, 6.45) is 2.84. The Morgan fingerprint density at radius 3 is 2.84 bits per heavy atom. The number of ether oxygens (including phenoxy) is 2. The number of hydrogen-bond acceptors (Lipinski definition) is 8. The van der Waals surface area contributed by atoms with Gasteiger partial charge in [-0.3, -0.25) is 5.41 Å². The van der Waals surface area contributed by atoms with Crippen LogP contribution in [0.25, 0.3) is 0 Å². The summed E-state index contributed by atoms with van der Waals surface area (Å²) in [5.74, 6) is 1.30. The number of nitrogens with zero attached hydrogens (tertiary/aromatic N) is 4. The van der Waals surface area contributed by atoms with E-state index in [0.717, 1.165) is 0 Å². The predicted octanol–water partition coefficient (Wildman–Crippen LogP) is 1.03. The molecule has 9 nitrogen and oxygen atoms in total. The lowest BCUT2D eigenvalue weighted by molar-refractivity contribution is -0.462. The second kappa shape index (κ2) is 9.84. The molecule has 2 aromatic rings. The van der Waals surface area contributed by atoms with Crippen LogP contribution in [0.1, 0.15) is 18.2 Å². The number of nitrogens with one attached hydrogen (secondary N) is 1. The summed E-state index contributed by atoms with van der Waals surface area (Å²) < 4.78 is 12.9. The first-order valence-corrected chi connectivity index (χ1v) is 10.2. The largest absolute Gasteiger partial charge is 0.488 e. The van der Waals surface area contributed by atoms with E-state index in [0.29, 0.717) is 48.2 Å². The maximum absolute atomic E-state index is 10.4. The summed E-state index contributed by atoms with van der Waals surface area (Å²) >= 11 is 0. The van der Waals surface area contributed by atoms with Gasteiger partial charge < -0.3 is 25.2 Å². The van der Waals surface area contributed by atoms with E-state index in [-0.39, 0.29) is 17.7 Å². The number of benzene rings is 1. The fourth-order valence-electron chi connectivity index (χ4n) is 3.65. The molecule has 3 atom stereocenters. The molecule has 3 unspecified atom stereocenters. The zero-order chi connectivity index (χ0) is 22.5. The van der Waals surface area contributed by atoms with Crippen LogP contribution in [-0.4, -0.2) is 84.7 Å². The number of methoxy groups -OCH3 is 1. The van der Waals surface area contributed by atoms with E-state index >= 15 is 0 Å². The number of rotatable bonds is 8. The van der Waals surface area contributed by atoms with Gasteiger partial charge >= 0.3 is 0 Å². The molecule has 9 heteroatoms. The van der Waals surface area contributed by atoms with Crippen molar-refractivity contribution >= 4 is 23.4 Å². The number of nitrogen functional groups attached to an aromatic ring is 1. The number of anilines is 2. The Morgan fingerprint density at radius 2 is 2.13 bits per heavy atom. The molecule has 1 fully saturated rings. The Labute approximate surface area is 182 Å². The number of aliphatic hydroxyl groups is 1. The van der Waals surface area contributed by atoms with E-state index in [1.165, 1.54) is 6.33 Å². The molecule has 0 spiro atoms. The molecule has 0 radical (unpaired) electrons. The highest BCUT2D eigenvalue weighted by Gasteiger charge is 2.33. The van der Waals surface area contributed by atoms with Gasteiger partial charge in [-0.15, -0.1) is 0 Å². The maximum atomic E-state index is 10.4. The van der Waals surface area contributed by atoms with Crippen LogP contribution in [0.4, 0.5) is 11.5 Å². The number of aliphatic hydroxyl groups excluding tert-OH is 1. The lowest BCUT2D eigenvalue weighted by Gasteiger charge is -2.18. The molecular weight excluding hydrogens is 396 g/mol. The highest BCUT2D eigenvalue weighted by Crippen LogP contribution is 2.25. The van der Waals surface area contributed by atoms with Crippen LogP contribution >= 0.6 is 0 Å². The van der Waals surface area contributed by atoms with E-state index in [2.05, 4.69) is 9.97 Å². The average molecular weight is 428 g/mol. The third-order valence-electron chi connectivity index (χ3n) is 5.09. The molecule has 1 aliphatic heterocycles. The first kappa shape index (κ1) is 22.6. The molecule has 1 aromatic heterocycles. The van der Waals surface area contributed by atoms with Crippen molar-refractivity contribution in [1.82, 2.24) is 9.97 Å². The molecule has 0 saturated carbocycles. The van der Waals surface area contributed by atoms with E-state index in [1.807, 2.05) is 36.7 Å². The van der Waals surface area contributed by atoms with Gasteiger partial charge in [0.25, 0.3) is 0 Å². The lowest BCUT2D eigenvalue weighted by Crippen LogP contribution is -2.23. The number of nitrogens with two attached hydrogens (primary N) is 1. The minimum Gasteiger partial charge on any atom is -0.488 e. The normalized spacial score (nSPS) is 19.2. The molecule has 0 bridgehead atoms. The summed E-state index contributed by atoms with van der Waals surface area (Å²) in [6, 6.07) is 7.00. The summed E-state index contributed by atoms with van der Waals surface area (Å²) in [4.78, 5) is 10.6. The van der Waals surface area contributed by atoms with Crippen molar-refractivity contribution in [2.75, 3.05) is 51.5 Å². The van der Waals surface area contributed by atoms with E-state index in [1.54, 1.807) is 31.4 Å². The highest BCUT2D eigenvalue weighted by molar-refractivity contribution is 6.13. The molecule has 166 valence electrons. The van der Waals surface area contributed by atoms with Gasteiger partial charge in [-0.25, -0.2) is 14.5 Å². The van der Waals surface area contributed by atoms with Crippen molar-refractivity contribution in [3.63, 3.8) is 0 Å². The first-order chi connectivity index (χ1) is 14.8. The molecule has 2 heterocycles. The quantitative estimate of drug-likeness (QED) is 0.327. The molecule has 31 heavy (non-hydrogen) atoms. The monoisotopic (exact) mass is 427 g/mol. The van der Waals surface area contributed by atoms with Crippen molar-refractivity contribution < 1.29 is 19.2 Å². The molecular formula is C22H31N6O3+. The first-order valence-electron chi connectivity index (χ1n) is 10.2. The van der Waals surface area contributed by atoms with Crippen LogP contribution in [0.5, 0.6) is 5.75 Å².